The molecule has 2 atom stereocenters. The molecule has 114 valence electrons. The van der Waals surface area contributed by atoms with Gasteiger partial charge in [0.05, 0.1) is 5.69 Å². The first kappa shape index (κ1) is 17.1. The summed E-state index contributed by atoms with van der Waals surface area (Å²) in [5.74, 6) is 0.214. The van der Waals surface area contributed by atoms with Gasteiger partial charge in [-0.2, -0.15) is 0 Å². The zero-order valence-electron chi connectivity index (χ0n) is 13.0. The van der Waals surface area contributed by atoms with Gasteiger partial charge in [0, 0.05) is 17.3 Å². The predicted octanol–water partition coefficient (Wildman–Crippen LogP) is 3.97. The minimum absolute atomic E-state index is 0.105. The fourth-order valence-corrected chi connectivity index (χ4v) is 2.94. The van der Waals surface area contributed by atoms with Crippen LogP contribution in [0, 0.1) is 5.92 Å². The molecule has 0 aromatic carbocycles. The van der Waals surface area contributed by atoms with Crippen molar-refractivity contribution in [3.63, 3.8) is 0 Å². The highest BCUT2D eigenvalue weighted by atomic mass is 32.1. The monoisotopic (exact) mass is 297 g/mol. The summed E-state index contributed by atoms with van der Waals surface area (Å²) in [5.41, 5.74) is 0.994. The minimum atomic E-state index is 0.105. The van der Waals surface area contributed by atoms with Crippen molar-refractivity contribution in [2.75, 3.05) is 11.9 Å². The smallest absolute Gasteiger partial charge is 0.229 e. The Labute approximate surface area is 126 Å². The van der Waals surface area contributed by atoms with Crippen molar-refractivity contribution >= 4 is 22.4 Å². The highest BCUT2D eigenvalue weighted by Crippen LogP contribution is 2.22. The molecule has 2 N–H and O–H groups in total. The Morgan fingerprint density at radius 1 is 1.40 bits per heavy atom. The van der Waals surface area contributed by atoms with Gasteiger partial charge in [0.2, 0.25) is 5.91 Å². The number of nitrogens with one attached hydrogen (secondary N) is 2. The Kier molecular flexibility index (Phi) is 7.77. The molecule has 0 saturated carbocycles. The van der Waals surface area contributed by atoms with Gasteiger partial charge in [0.15, 0.2) is 5.13 Å². The fourth-order valence-electron chi connectivity index (χ4n) is 2.13. The molecular weight excluding hydrogens is 270 g/mol. The van der Waals surface area contributed by atoms with Crippen LogP contribution in [0.25, 0.3) is 0 Å². The van der Waals surface area contributed by atoms with Crippen LogP contribution in [0.2, 0.25) is 0 Å². The number of carbonyl (C=O) groups excluding carboxylic acids is 1. The van der Waals surface area contributed by atoms with Crippen LogP contribution in [0.4, 0.5) is 5.13 Å². The molecular formula is C15H27N3OS. The van der Waals surface area contributed by atoms with Crippen LogP contribution in [0.5, 0.6) is 0 Å². The van der Waals surface area contributed by atoms with E-state index >= 15 is 0 Å². The molecule has 2 unspecified atom stereocenters. The van der Waals surface area contributed by atoms with Gasteiger partial charge in [0.1, 0.15) is 0 Å². The second-order valence-electron chi connectivity index (χ2n) is 5.09. The van der Waals surface area contributed by atoms with E-state index in [1.807, 2.05) is 5.38 Å². The predicted molar refractivity (Wildman–Crippen MR) is 86.1 cm³/mol. The fraction of sp³-hybridized carbons (Fsp3) is 0.733. The number of hydrogen-bond donors (Lipinski definition) is 2. The number of thiazole rings is 1. The van der Waals surface area contributed by atoms with Gasteiger partial charge < -0.3 is 10.6 Å². The number of aromatic nitrogens is 1. The lowest BCUT2D eigenvalue weighted by Gasteiger charge is -2.13. The van der Waals surface area contributed by atoms with Crippen LogP contribution >= 0.6 is 11.3 Å². The molecule has 1 rings (SSSR count). The number of carbonyl (C=O) groups is 1. The number of amides is 1. The second-order valence-corrected chi connectivity index (χ2v) is 5.95. The normalized spacial score (nSPS) is 14.0. The van der Waals surface area contributed by atoms with E-state index in [1.165, 1.54) is 11.3 Å². The van der Waals surface area contributed by atoms with Crippen LogP contribution in [-0.2, 0) is 4.79 Å². The largest absolute Gasteiger partial charge is 0.309 e. The summed E-state index contributed by atoms with van der Waals surface area (Å²) >= 11 is 1.50. The lowest BCUT2D eigenvalue weighted by Crippen LogP contribution is -2.22. The first-order valence-corrected chi connectivity index (χ1v) is 8.49. The van der Waals surface area contributed by atoms with E-state index in [-0.39, 0.29) is 17.9 Å². The standard InChI is InChI=1S/C15H27N3OS/c1-5-8-9-12(6-2)14(19)18-15-17-13(10-20-15)11(4)16-7-3/h10-12,16H,5-9H2,1-4H3,(H,17,18,19). The molecule has 4 nitrogen and oxygen atoms in total. The van der Waals surface area contributed by atoms with E-state index in [9.17, 15) is 4.79 Å². The number of hydrogen-bond acceptors (Lipinski definition) is 4. The van der Waals surface area contributed by atoms with E-state index in [2.05, 4.69) is 43.3 Å². The minimum Gasteiger partial charge on any atom is -0.309 e. The van der Waals surface area contributed by atoms with E-state index < -0.39 is 0 Å². The van der Waals surface area contributed by atoms with E-state index in [0.29, 0.717) is 5.13 Å². The average Bonchev–Trinajstić information content (AvgIpc) is 2.88. The molecule has 1 heterocycles. The third kappa shape index (κ3) is 5.21. The topological polar surface area (TPSA) is 54.0 Å². The van der Waals surface area contributed by atoms with Gasteiger partial charge in [0.25, 0.3) is 0 Å². The molecule has 20 heavy (non-hydrogen) atoms. The molecule has 0 radical (unpaired) electrons. The van der Waals surface area contributed by atoms with E-state index in [4.69, 9.17) is 0 Å². The Morgan fingerprint density at radius 2 is 2.15 bits per heavy atom. The van der Waals surface area contributed by atoms with Crippen LogP contribution in [0.3, 0.4) is 0 Å². The van der Waals surface area contributed by atoms with Crippen LogP contribution in [-0.4, -0.2) is 17.4 Å². The average molecular weight is 297 g/mol. The zero-order chi connectivity index (χ0) is 15.0. The molecule has 1 aromatic heterocycles. The Balaban J connectivity index is 2.57. The maximum Gasteiger partial charge on any atom is 0.229 e. The molecule has 0 aliphatic heterocycles. The SMILES string of the molecule is CCCCC(CC)C(=O)Nc1nc(C(C)NCC)cs1. The van der Waals surface area contributed by atoms with Gasteiger partial charge in [-0.1, -0.05) is 33.6 Å². The quantitative estimate of drug-likeness (QED) is 0.725. The third-order valence-electron chi connectivity index (χ3n) is 3.48. The lowest BCUT2D eigenvalue weighted by atomic mass is 9.99. The summed E-state index contributed by atoms with van der Waals surface area (Å²) < 4.78 is 0. The Bertz CT molecular complexity index is 406. The van der Waals surface area contributed by atoms with E-state index in [1.54, 1.807) is 0 Å². The van der Waals surface area contributed by atoms with Gasteiger partial charge in [-0.05, 0) is 26.3 Å². The van der Waals surface area contributed by atoms with Crippen molar-refractivity contribution in [1.82, 2.24) is 10.3 Å². The maximum atomic E-state index is 12.2. The van der Waals surface area contributed by atoms with Crippen molar-refractivity contribution < 1.29 is 4.79 Å². The van der Waals surface area contributed by atoms with Crippen molar-refractivity contribution in [2.24, 2.45) is 5.92 Å². The molecule has 0 aliphatic carbocycles. The third-order valence-corrected chi connectivity index (χ3v) is 4.25. The van der Waals surface area contributed by atoms with Crippen LogP contribution in [0.15, 0.2) is 5.38 Å². The number of nitrogens with zero attached hydrogens (tertiary/aromatic N) is 1. The summed E-state index contributed by atoms with van der Waals surface area (Å²) in [5, 5.41) is 9.00. The summed E-state index contributed by atoms with van der Waals surface area (Å²) in [7, 11) is 0. The summed E-state index contributed by atoms with van der Waals surface area (Å²) in [4.78, 5) is 16.7. The van der Waals surface area contributed by atoms with Gasteiger partial charge >= 0.3 is 0 Å². The summed E-state index contributed by atoms with van der Waals surface area (Å²) in [6.07, 6.45) is 4.08. The van der Waals surface area contributed by atoms with Crippen molar-refractivity contribution in [1.29, 1.82) is 0 Å². The van der Waals surface area contributed by atoms with Crippen molar-refractivity contribution in [3.05, 3.63) is 11.1 Å². The van der Waals surface area contributed by atoms with Crippen LogP contribution in [0.1, 0.15) is 65.1 Å². The van der Waals surface area contributed by atoms with Gasteiger partial charge in [-0.25, -0.2) is 4.98 Å². The zero-order valence-corrected chi connectivity index (χ0v) is 13.8. The molecule has 1 amide bonds. The number of rotatable bonds is 9. The maximum absolute atomic E-state index is 12.2. The van der Waals surface area contributed by atoms with Crippen molar-refractivity contribution in [2.45, 2.75) is 59.4 Å². The molecule has 0 fully saturated rings. The highest BCUT2D eigenvalue weighted by Gasteiger charge is 2.17. The second kappa shape index (κ2) is 9.08. The first-order valence-electron chi connectivity index (χ1n) is 7.61. The Morgan fingerprint density at radius 3 is 2.75 bits per heavy atom. The summed E-state index contributed by atoms with van der Waals surface area (Å²) in [6, 6.07) is 0.226. The van der Waals surface area contributed by atoms with Gasteiger partial charge in [-0.3, -0.25) is 4.79 Å². The highest BCUT2D eigenvalue weighted by molar-refractivity contribution is 7.13. The molecule has 0 saturated heterocycles. The van der Waals surface area contributed by atoms with Crippen molar-refractivity contribution in [3.8, 4) is 0 Å². The molecule has 0 bridgehead atoms. The molecule has 0 aliphatic rings. The lowest BCUT2D eigenvalue weighted by molar-refractivity contribution is -0.120. The van der Waals surface area contributed by atoms with Crippen LogP contribution < -0.4 is 10.6 Å². The molecule has 1 aromatic rings. The number of anilines is 1. The Hall–Kier alpha value is -0.940. The molecule has 0 spiro atoms. The van der Waals surface area contributed by atoms with E-state index in [0.717, 1.165) is 37.9 Å². The molecule has 5 heteroatoms. The number of unbranched alkanes of at least 4 members (excludes halogenated alkanes) is 1. The summed E-state index contributed by atoms with van der Waals surface area (Å²) in [6.45, 7) is 9.29. The first-order chi connectivity index (χ1) is 9.62. The van der Waals surface area contributed by atoms with Gasteiger partial charge in [-0.15, -0.1) is 11.3 Å².